The number of rotatable bonds is 3. The van der Waals surface area contributed by atoms with Crippen LogP contribution in [0.5, 0.6) is 0 Å². The fourth-order valence-corrected chi connectivity index (χ4v) is 1.56. The van der Waals surface area contributed by atoms with Gasteiger partial charge in [-0.2, -0.15) is 30.7 Å². The van der Waals surface area contributed by atoms with E-state index in [2.05, 4.69) is 16.1 Å². The quantitative estimate of drug-likeness (QED) is 0.474. The highest BCUT2D eigenvalue weighted by Crippen LogP contribution is 2.62. The standard InChI is InChI=1S/C10H11F7O4/c1-4(2)5(18)20-6(3)7(11,12)8(19,9(13,14)15)21-10(6,16)17/h5,18-19H,1H2,2-3H3. The monoisotopic (exact) mass is 328 g/mol. The zero-order valence-electron chi connectivity index (χ0n) is 10.6. The molecule has 4 nitrogen and oxygen atoms in total. The number of aliphatic hydroxyl groups is 2. The van der Waals surface area contributed by atoms with Gasteiger partial charge in [-0.3, -0.25) is 4.74 Å². The second-order valence-corrected chi connectivity index (χ2v) is 4.68. The third-order valence-electron chi connectivity index (χ3n) is 3.01. The van der Waals surface area contributed by atoms with E-state index < -0.39 is 41.5 Å². The van der Waals surface area contributed by atoms with E-state index in [1.807, 2.05) is 0 Å². The van der Waals surface area contributed by atoms with Gasteiger partial charge >= 0.3 is 24.0 Å². The Kier molecular flexibility index (Phi) is 3.92. The molecule has 0 aromatic carbocycles. The number of halogens is 7. The minimum atomic E-state index is -6.24. The molecular formula is C10H11F7O4. The Bertz CT molecular complexity index is 449. The molecule has 1 aliphatic heterocycles. The van der Waals surface area contributed by atoms with E-state index in [9.17, 15) is 35.8 Å². The molecule has 0 spiro atoms. The molecule has 21 heavy (non-hydrogen) atoms. The van der Waals surface area contributed by atoms with Crippen molar-refractivity contribution in [2.75, 3.05) is 0 Å². The zero-order valence-corrected chi connectivity index (χ0v) is 10.6. The Hall–Kier alpha value is -0.910. The van der Waals surface area contributed by atoms with Gasteiger partial charge in [-0.1, -0.05) is 6.58 Å². The summed E-state index contributed by atoms with van der Waals surface area (Å²) in [5.41, 5.74) is -4.71. The third kappa shape index (κ3) is 2.22. The van der Waals surface area contributed by atoms with Crippen LogP contribution in [0.4, 0.5) is 30.7 Å². The van der Waals surface area contributed by atoms with Gasteiger partial charge in [-0.15, -0.1) is 0 Å². The van der Waals surface area contributed by atoms with Crippen LogP contribution in [-0.2, 0) is 9.47 Å². The van der Waals surface area contributed by atoms with Crippen LogP contribution in [-0.4, -0.2) is 46.1 Å². The Morgan fingerprint density at radius 3 is 1.95 bits per heavy atom. The molecule has 3 atom stereocenters. The first kappa shape index (κ1) is 18.1. The number of hydrogen-bond acceptors (Lipinski definition) is 4. The van der Waals surface area contributed by atoms with Crippen molar-refractivity contribution in [2.24, 2.45) is 0 Å². The van der Waals surface area contributed by atoms with Gasteiger partial charge in [0.25, 0.3) is 0 Å². The highest BCUT2D eigenvalue weighted by Gasteiger charge is 2.91. The largest absolute Gasteiger partial charge is 0.450 e. The molecule has 124 valence electrons. The average molecular weight is 328 g/mol. The molecule has 0 saturated carbocycles. The van der Waals surface area contributed by atoms with Crippen LogP contribution in [0.3, 0.4) is 0 Å². The Labute approximate surface area is 113 Å². The minimum Gasteiger partial charge on any atom is -0.364 e. The summed E-state index contributed by atoms with van der Waals surface area (Å²) in [5, 5.41) is 18.1. The Morgan fingerprint density at radius 2 is 1.67 bits per heavy atom. The molecule has 1 saturated heterocycles. The third-order valence-corrected chi connectivity index (χ3v) is 3.01. The summed E-state index contributed by atoms with van der Waals surface area (Å²) in [4.78, 5) is 0. The summed E-state index contributed by atoms with van der Waals surface area (Å²) in [6.45, 7) is 3.89. The Morgan fingerprint density at radius 1 is 1.24 bits per heavy atom. The van der Waals surface area contributed by atoms with E-state index in [-0.39, 0.29) is 6.92 Å². The molecule has 0 radical (unpaired) electrons. The first-order chi connectivity index (χ1) is 9.03. The van der Waals surface area contributed by atoms with Crippen LogP contribution in [0, 0.1) is 0 Å². The minimum absolute atomic E-state index is 0.122. The molecule has 1 heterocycles. The van der Waals surface area contributed by atoms with Gasteiger partial charge < -0.3 is 14.9 Å². The normalized spacial score (nSPS) is 36.5. The van der Waals surface area contributed by atoms with Gasteiger partial charge in [0, 0.05) is 0 Å². The molecule has 3 unspecified atom stereocenters. The van der Waals surface area contributed by atoms with Crippen molar-refractivity contribution in [3.8, 4) is 0 Å². The molecule has 11 heteroatoms. The van der Waals surface area contributed by atoms with Crippen LogP contribution in [0.15, 0.2) is 12.2 Å². The number of aliphatic hydroxyl groups excluding tert-OH is 1. The summed E-state index contributed by atoms with van der Waals surface area (Å²) in [5.74, 6) is -11.1. The van der Waals surface area contributed by atoms with Crippen molar-refractivity contribution in [1.29, 1.82) is 0 Å². The molecule has 0 aromatic rings. The highest BCUT2D eigenvalue weighted by molar-refractivity contribution is 5.15. The molecular weight excluding hydrogens is 317 g/mol. The smallest absolute Gasteiger partial charge is 0.364 e. The molecule has 1 rings (SSSR count). The van der Waals surface area contributed by atoms with Crippen LogP contribution in [0.2, 0.25) is 0 Å². The maximum absolute atomic E-state index is 13.8. The molecule has 0 amide bonds. The number of hydrogen-bond donors (Lipinski definition) is 2. The van der Waals surface area contributed by atoms with Crippen molar-refractivity contribution >= 4 is 0 Å². The van der Waals surface area contributed by atoms with E-state index in [4.69, 9.17) is 5.11 Å². The highest BCUT2D eigenvalue weighted by atomic mass is 19.4. The predicted molar refractivity (Wildman–Crippen MR) is 52.3 cm³/mol. The molecule has 1 aliphatic rings. The van der Waals surface area contributed by atoms with Gasteiger partial charge in [0.05, 0.1) is 0 Å². The van der Waals surface area contributed by atoms with Crippen LogP contribution < -0.4 is 0 Å². The van der Waals surface area contributed by atoms with Crippen LogP contribution >= 0.6 is 0 Å². The average Bonchev–Trinajstić information content (AvgIpc) is 2.34. The summed E-state index contributed by atoms with van der Waals surface area (Å²) >= 11 is 0. The van der Waals surface area contributed by atoms with Crippen molar-refractivity contribution in [3.63, 3.8) is 0 Å². The molecule has 2 N–H and O–H groups in total. The number of ether oxygens (including phenoxy) is 2. The number of alkyl halides is 7. The van der Waals surface area contributed by atoms with Crippen molar-refractivity contribution in [3.05, 3.63) is 12.2 Å². The van der Waals surface area contributed by atoms with Crippen molar-refractivity contribution < 1.29 is 50.4 Å². The lowest BCUT2D eigenvalue weighted by atomic mass is 9.92. The summed E-state index contributed by atoms with van der Waals surface area (Å²) in [6, 6.07) is 0. The van der Waals surface area contributed by atoms with Gasteiger partial charge in [-0.05, 0) is 19.4 Å². The summed E-state index contributed by atoms with van der Waals surface area (Å²) in [7, 11) is 0. The predicted octanol–water partition coefficient (Wildman–Crippen LogP) is 2.17. The second kappa shape index (κ2) is 4.54. The molecule has 0 aliphatic carbocycles. The summed E-state index contributed by atoms with van der Waals surface area (Å²) < 4.78 is 99.0. The van der Waals surface area contributed by atoms with Gasteiger partial charge in [0.2, 0.25) is 5.60 Å². The first-order valence-corrected chi connectivity index (χ1v) is 5.29. The first-order valence-electron chi connectivity index (χ1n) is 5.29. The van der Waals surface area contributed by atoms with Crippen LogP contribution in [0.25, 0.3) is 0 Å². The van der Waals surface area contributed by atoms with Crippen molar-refractivity contribution in [2.45, 2.75) is 49.7 Å². The maximum Gasteiger partial charge on any atom is 0.450 e. The topological polar surface area (TPSA) is 58.9 Å². The fraction of sp³-hybridized carbons (Fsp3) is 0.800. The molecule has 0 aromatic heterocycles. The second-order valence-electron chi connectivity index (χ2n) is 4.68. The van der Waals surface area contributed by atoms with Crippen molar-refractivity contribution in [1.82, 2.24) is 0 Å². The maximum atomic E-state index is 13.8. The van der Waals surface area contributed by atoms with Gasteiger partial charge in [0.1, 0.15) is 0 Å². The van der Waals surface area contributed by atoms with E-state index >= 15 is 0 Å². The SMILES string of the molecule is C=C(C)C(O)OC1(C)C(F)(F)OC(O)(C(F)(F)F)C1(F)F. The molecule has 0 bridgehead atoms. The fourth-order valence-electron chi connectivity index (χ4n) is 1.56. The van der Waals surface area contributed by atoms with Crippen LogP contribution in [0.1, 0.15) is 13.8 Å². The lowest BCUT2D eigenvalue weighted by Gasteiger charge is -2.36. The van der Waals surface area contributed by atoms with E-state index in [0.717, 1.165) is 6.92 Å². The van der Waals surface area contributed by atoms with E-state index in [1.54, 1.807) is 0 Å². The summed E-state index contributed by atoms with van der Waals surface area (Å²) in [6.07, 6.45) is -13.9. The lowest BCUT2D eigenvalue weighted by molar-refractivity contribution is -0.433. The molecule has 1 fully saturated rings. The Balaban J connectivity index is 3.42. The van der Waals surface area contributed by atoms with E-state index in [0.29, 0.717) is 0 Å². The van der Waals surface area contributed by atoms with E-state index in [1.165, 1.54) is 0 Å². The lowest BCUT2D eigenvalue weighted by Crippen LogP contribution is -2.64. The van der Waals surface area contributed by atoms with Gasteiger partial charge in [-0.25, -0.2) is 0 Å². The zero-order chi connectivity index (χ0) is 17.1. The van der Waals surface area contributed by atoms with Gasteiger partial charge in [0.15, 0.2) is 6.29 Å².